The molecule has 0 saturated heterocycles. The van der Waals surface area contributed by atoms with Gasteiger partial charge in [0.05, 0.1) is 17.7 Å². The van der Waals surface area contributed by atoms with Gasteiger partial charge in [-0.25, -0.2) is 26.7 Å². The second kappa shape index (κ2) is 8.76. The van der Waals surface area contributed by atoms with E-state index < -0.39 is 44.2 Å². The Kier molecular flexibility index (Phi) is 6.65. The van der Waals surface area contributed by atoms with E-state index in [1.54, 1.807) is 0 Å². The van der Waals surface area contributed by atoms with Gasteiger partial charge in [-0.15, -0.1) is 0 Å². The maximum atomic E-state index is 13.2. The summed E-state index contributed by atoms with van der Waals surface area (Å²) in [7, 11) is -3.01. The lowest BCUT2D eigenvalue weighted by molar-refractivity contribution is -0.116. The molecule has 0 bridgehead atoms. The highest BCUT2D eigenvalue weighted by molar-refractivity contribution is 7.89. The fourth-order valence-electron chi connectivity index (χ4n) is 2.16. The molecule has 11 heteroatoms. The number of hydrogen-bond donors (Lipinski definition) is 3. The van der Waals surface area contributed by atoms with E-state index in [1.165, 1.54) is 18.2 Å². The van der Waals surface area contributed by atoms with Crippen molar-refractivity contribution in [3.05, 3.63) is 53.6 Å². The van der Waals surface area contributed by atoms with Gasteiger partial charge in [0, 0.05) is 13.0 Å². The van der Waals surface area contributed by atoms with E-state index in [9.17, 15) is 31.9 Å². The zero-order valence-electron chi connectivity index (χ0n) is 14.5. The minimum atomic E-state index is -4.14. The number of anilines is 1. The molecule has 0 atom stereocenters. The minimum absolute atomic E-state index is 0.0589. The topological polar surface area (TPSA) is 122 Å². The Bertz CT molecular complexity index is 1010. The average Bonchev–Trinajstić information content (AvgIpc) is 2.64. The highest BCUT2D eigenvalue weighted by atomic mass is 32.2. The van der Waals surface area contributed by atoms with Gasteiger partial charge in [0.2, 0.25) is 15.9 Å². The first-order valence-corrected chi connectivity index (χ1v) is 9.29. The van der Waals surface area contributed by atoms with Crippen molar-refractivity contribution in [3.8, 4) is 5.75 Å². The van der Waals surface area contributed by atoms with Crippen LogP contribution in [0.15, 0.2) is 41.3 Å². The Morgan fingerprint density at radius 2 is 1.86 bits per heavy atom. The monoisotopic (exact) mass is 414 g/mol. The molecule has 0 unspecified atom stereocenters. The van der Waals surface area contributed by atoms with Crippen molar-refractivity contribution in [3.63, 3.8) is 0 Å². The molecule has 1 amide bonds. The molecule has 0 radical (unpaired) electrons. The predicted octanol–water partition coefficient (Wildman–Crippen LogP) is 1.76. The van der Waals surface area contributed by atoms with Crippen LogP contribution >= 0.6 is 0 Å². The van der Waals surface area contributed by atoms with Gasteiger partial charge >= 0.3 is 5.97 Å². The van der Waals surface area contributed by atoms with Crippen LogP contribution in [0.3, 0.4) is 0 Å². The molecule has 0 aromatic heterocycles. The lowest BCUT2D eigenvalue weighted by Gasteiger charge is -2.10. The summed E-state index contributed by atoms with van der Waals surface area (Å²) in [5.74, 6) is -4.46. The molecule has 2 aromatic rings. The zero-order valence-corrected chi connectivity index (χ0v) is 15.3. The third kappa shape index (κ3) is 5.02. The summed E-state index contributed by atoms with van der Waals surface area (Å²) in [6, 6.07) is 6.13. The first-order valence-electron chi connectivity index (χ1n) is 7.80. The Morgan fingerprint density at radius 1 is 1.14 bits per heavy atom. The van der Waals surface area contributed by atoms with Crippen LogP contribution in [0.2, 0.25) is 0 Å². The van der Waals surface area contributed by atoms with Crippen LogP contribution in [0.25, 0.3) is 0 Å². The molecule has 0 spiro atoms. The first-order chi connectivity index (χ1) is 13.2. The molecular weight excluding hydrogens is 398 g/mol. The number of sulfonamides is 1. The summed E-state index contributed by atoms with van der Waals surface area (Å²) in [4.78, 5) is 23.0. The molecule has 0 heterocycles. The fourth-order valence-corrected chi connectivity index (χ4v) is 3.20. The van der Waals surface area contributed by atoms with Crippen molar-refractivity contribution in [1.82, 2.24) is 4.72 Å². The number of methoxy groups -OCH3 is 1. The number of phenolic OH excluding ortho intramolecular Hbond substituents is 1. The van der Waals surface area contributed by atoms with E-state index in [0.717, 1.165) is 13.2 Å². The molecule has 2 aromatic carbocycles. The third-order valence-electron chi connectivity index (χ3n) is 3.56. The molecule has 0 aliphatic heterocycles. The largest absolute Gasteiger partial charge is 0.505 e. The summed E-state index contributed by atoms with van der Waals surface area (Å²) in [6.07, 6.45) is -0.329. The van der Waals surface area contributed by atoms with E-state index in [2.05, 4.69) is 14.8 Å². The Morgan fingerprint density at radius 3 is 2.50 bits per heavy atom. The van der Waals surface area contributed by atoms with Crippen molar-refractivity contribution in [2.24, 2.45) is 0 Å². The third-order valence-corrected chi connectivity index (χ3v) is 5.02. The number of aromatic hydroxyl groups is 1. The summed E-state index contributed by atoms with van der Waals surface area (Å²) in [6.45, 7) is -0.343. The second-order valence-corrected chi connectivity index (χ2v) is 7.23. The van der Waals surface area contributed by atoms with E-state index >= 15 is 0 Å². The van der Waals surface area contributed by atoms with Crippen LogP contribution in [0.4, 0.5) is 14.5 Å². The van der Waals surface area contributed by atoms with Gasteiger partial charge in [0.25, 0.3) is 0 Å². The number of para-hydroxylation sites is 1. The van der Waals surface area contributed by atoms with Gasteiger partial charge in [-0.05, 0) is 30.3 Å². The van der Waals surface area contributed by atoms with Crippen molar-refractivity contribution < 1.29 is 36.6 Å². The van der Waals surface area contributed by atoms with Crippen LogP contribution in [0.1, 0.15) is 16.8 Å². The quantitative estimate of drug-likeness (QED) is 0.469. The van der Waals surface area contributed by atoms with Gasteiger partial charge in [0.15, 0.2) is 17.4 Å². The Hall–Kier alpha value is -3.05. The maximum Gasteiger partial charge on any atom is 0.341 e. The van der Waals surface area contributed by atoms with Crippen LogP contribution in [0.5, 0.6) is 5.75 Å². The van der Waals surface area contributed by atoms with Crippen molar-refractivity contribution in [2.75, 3.05) is 19.0 Å². The maximum absolute atomic E-state index is 13.2. The summed E-state index contributed by atoms with van der Waals surface area (Å²) >= 11 is 0. The number of carbonyl (C=O) groups is 2. The molecular formula is C17H16F2N2O6S. The SMILES string of the molecule is COC(=O)c1cccc(NC(=O)CCNS(=O)(=O)c2ccc(F)c(F)c2)c1O. The average molecular weight is 414 g/mol. The zero-order chi connectivity index (χ0) is 20.9. The van der Waals surface area contributed by atoms with Crippen LogP contribution in [0, 0.1) is 11.6 Å². The number of carbonyl (C=O) groups excluding carboxylic acids is 2. The van der Waals surface area contributed by atoms with Crippen molar-refractivity contribution in [2.45, 2.75) is 11.3 Å². The number of rotatable bonds is 7. The van der Waals surface area contributed by atoms with Crippen molar-refractivity contribution in [1.29, 1.82) is 0 Å². The highest BCUT2D eigenvalue weighted by Crippen LogP contribution is 2.28. The summed E-state index contributed by atoms with van der Waals surface area (Å²) < 4.78 is 56.7. The van der Waals surface area contributed by atoms with Crippen LogP contribution in [-0.2, 0) is 19.6 Å². The second-order valence-electron chi connectivity index (χ2n) is 5.47. The van der Waals surface area contributed by atoms with Gasteiger partial charge in [0.1, 0.15) is 5.56 Å². The fraction of sp³-hybridized carbons (Fsp3) is 0.176. The van der Waals surface area contributed by atoms with E-state index in [0.29, 0.717) is 12.1 Å². The van der Waals surface area contributed by atoms with E-state index in [4.69, 9.17) is 0 Å². The number of benzene rings is 2. The lowest BCUT2D eigenvalue weighted by Crippen LogP contribution is -2.28. The normalized spacial score (nSPS) is 11.1. The lowest BCUT2D eigenvalue weighted by atomic mass is 10.1. The smallest absolute Gasteiger partial charge is 0.341 e. The molecule has 150 valence electrons. The molecule has 3 N–H and O–H groups in total. The molecule has 0 aliphatic carbocycles. The number of amides is 1. The van der Waals surface area contributed by atoms with E-state index in [-0.39, 0.29) is 24.2 Å². The van der Waals surface area contributed by atoms with E-state index in [1.807, 2.05) is 0 Å². The molecule has 28 heavy (non-hydrogen) atoms. The minimum Gasteiger partial charge on any atom is -0.505 e. The number of esters is 1. The Labute approximate surface area is 159 Å². The Balaban J connectivity index is 1.98. The molecule has 2 rings (SSSR count). The van der Waals surface area contributed by atoms with Gasteiger partial charge < -0.3 is 15.2 Å². The number of ether oxygens (including phenoxy) is 1. The summed E-state index contributed by atoms with van der Waals surface area (Å²) in [5.41, 5.74) is -0.212. The van der Waals surface area contributed by atoms with Gasteiger partial charge in [-0.3, -0.25) is 4.79 Å². The molecule has 8 nitrogen and oxygen atoms in total. The summed E-state index contributed by atoms with van der Waals surface area (Å²) in [5, 5.41) is 12.3. The standard InChI is InChI=1S/C17H16F2N2O6S/c1-27-17(24)11-3-2-4-14(16(11)23)21-15(22)7-8-20-28(25,26)10-5-6-12(18)13(19)9-10/h2-6,9,20,23H,7-8H2,1H3,(H,21,22). The molecule has 0 fully saturated rings. The van der Waals surface area contributed by atoms with Crippen LogP contribution in [-0.4, -0.2) is 39.1 Å². The highest BCUT2D eigenvalue weighted by Gasteiger charge is 2.18. The van der Waals surface area contributed by atoms with Gasteiger partial charge in [-0.2, -0.15) is 0 Å². The molecule has 0 aliphatic rings. The van der Waals surface area contributed by atoms with Crippen molar-refractivity contribution >= 4 is 27.6 Å². The first kappa shape index (κ1) is 21.3. The molecule has 0 saturated carbocycles. The predicted molar refractivity (Wildman–Crippen MR) is 94.2 cm³/mol. The number of nitrogens with one attached hydrogen (secondary N) is 2. The number of phenols is 1. The number of hydrogen-bond acceptors (Lipinski definition) is 6. The van der Waals surface area contributed by atoms with Gasteiger partial charge in [-0.1, -0.05) is 6.07 Å². The number of halogens is 2. The van der Waals surface area contributed by atoms with Crippen LogP contribution < -0.4 is 10.0 Å².